The third-order valence-corrected chi connectivity index (χ3v) is 7.45. The van der Waals surface area contributed by atoms with E-state index in [4.69, 9.17) is 0 Å². The fourth-order valence-electron chi connectivity index (χ4n) is 3.90. The minimum atomic E-state index is -2.94. The topological polar surface area (TPSA) is 83.8 Å². The number of nitrogens with one attached hydrogen (secondary N) is 1. The van der Waals surface area contributed by atoms with Gasteiger partial charge in [0.15, 0.2) is 15.7 Å². The summed E-state index contributed by atoms with van der Waals surface area (Å²) in [5, 5.41) is 2.83. The Morgan fingerprint density at radius 1 is 1.15 bits per heavy atom. The molecule has 0 unspecified atom stereocenters. The lowest BCUT2D eigenvalue weighted by atomic mass is 10.1. The van der Waals surface area contributed by atoms with Crippen LogP contribution < -0.4 is 5.32 Å². The van der Waals surface area contributed by atoms with Crippen LogP contribution in [0.4, 0.5) is 10.2 Å². The third-order valence-electron chi connectivity index (χ3n) is 5.84. The first-order valence-electron chi connectivity index (χ1n) is 11.4. The first-order valence-corrected chi connectivity index (χ1v) is 13.2. The standard InChI is InChI=1S/C22H23FN4O3S.C2H6/c23-18-12-15(13-26-8-10-31(29,30)11-9-26)4-7-17(18)19-2-1-3-21-24-20(14-27(19)21)25-22(28)16-5-6-16;1-2/h1-4,7,12,14,16H,5-6,8-11,13H2,(H,25,28);1-2H3. The van der Waals surface area contributed by atoms with Crippen LogP contribution in [0.25, 0.3) is 16.9 Å². The largest absolute Gasteiger partial charge is 0.309 e. The van der Waals surface area contributed by atoms with Gasteiger partial charge in [-0.1, -0.05) is 26.0 Å². The molecule has 2 fully saturated rings. The molecule has 3 heterocycles. The summed E-state index contributed by atoms with van der Waals surface area (Å²) in [6.07, 6.45) is 3.54. The van der Waals surface area contributed by atoms with Gasteiger partial charge in [-0.15, -0.1) is 0 Å². The van der Waals surface area contributed by atoms with Crippen LogP contribution in [0, 0.1) is 11.7 Å². The van der Waals surface area contributed by atoms with Crippen molar-refractivity contribution in [1.82, 2.24) is 14.3 Å². The molecule has 0 spiro atoms. The smallest absolute Gasteiger partial charge is 0.228 e. The fourth-order valence-corrected chi connectivity index (χ4v) is 5.17. The summed E-state index contributed by atoms with van der Waals surface area (Å²) in [7, 11) is -2.94. The molecule has 1 aliphatic heterocycles. The number of imidazole rings is 1. The molecule has 9 heteroatoms. The molecule has 1 amide bonds. The molecule has 33 heavy (non-hydrogen) atoms. The van der Waals surface area contributed by atoms with Crippen LogP contribution in [0.15, 0.2) is 42.6 Å². The number of anilines is 1. The summed E-state index contributed by atoms with van der Waals surface area (Å²) >= 11 is 0. The maximum Gasteiger partial charge on any atom is 0.228 e. The molecule has 0 bridgehead atoms. The van der Waals surface area contributed by atoms with E-state index in [2.05, 4.69) is 10.3 Å². The Kier molecular flexibility index (Phi) is 6.81. The Balaban J connectivity index is 0.00000126. The number of aromatic nitrogens is 2. The Hall–Kier alpha value is -2.78. The average molecular weight is 473 g/mol. The number of hydrogen-bond acceptors (Lipinski definition) is 5. The molecule has 0 radical (unpaired) electrons. The normalized spacial score (nSPS) is 17.9. The van der Waals surface area contributed by atoms with Crippen molar-refractivity contribution < 1.29 is 17.6 Å². The van der Waals surface area contributed by atoms with E-state index in [-0.39, 0.29) is 29.1 Å². The predicted octanol–water partition coefficient (Wildman–Crippen LogP) is 3.75. The monoisotopic (exact) mass is 472 g/mol. The Morgan fingerprint density at radius 2 is 1.88 bits per heavy atom. The van der Waals surface area contributed by atoms with Gasteiger partial charge in [-0.2, -0.15) is 0 Å². The highest BCUT2D eigenvalue weighted by Gasteiger charge is 2.30. The van der Waals surface area contributed by atoms with Crippen molar-refractivity contribution >= 4 is 27.2 Å². The van der Waals surface area contributed by atoms with Gasteiger partial charge in [-0.3, -0.25) is 14.1 Å². The number of pyridine rings is 1. The van der Waals surface area contributed by atoms with Gasteiger partial charge in [0, 0.05) is 31.1 Å². The highest BCUT2D eigenvalue weighted by molar-refractivity contribution is 7.91. The number of fused-ring (bicyclic) bond motifs is 1. The van der Waals surface area contributed by atoms with E-state index < -0.39 is 9.84 Å². The van der Waals surface area contributed by atoms with Gasteiger partial charge >= 0.3 is 0 Å². The summed E-state index contributed by atoms with van der Waals surface area (Å²) in [5.74, 6) is 0.458. The zero-order valence-electron chi connectivity index (χ0n) is 18.9. The van der Waals surface area contributed by atoms with Crippen molar-refractivity contribution in [2.45, 2.75) is 33.2 Å². The van der Waals surface area contributed by atoms with E-state index in [9.17, 15) is 13.2 Å². The van der Waals surface area contributed by atoms with Crippen LogP contribution >= 0.6 is 0 Å². The van der Waals surface area contributed by atoms with E-state index in [0.29, 0.717) is 42.4 Å². The highest BCUT2D eigenvalue weighted by Crippen LogP contribution is 2.31. The van der Waals surface area contributed by atoms with Gasteiger partial charge in [-0.05, 0) is 42.7 Å². The molecule has 2 aliphatic rings. The van der Waals surface area contributed by atoms with Crippen LogP contribution in [0.5, 0.6) is 0 Å². The number of carbonyl (C=O) groups excluding carboxylic acids is 1. The minimum Gasteiger partial charge on any atom is -0.309 e. The number of benzene rings is 1. The summed E-state index contributed by atoms with van der Waals surface area (Å²) in [6.45, 7) is 5.45. The lowest BCUT2D eigenvalue weighted by Crippen LogP contribution is -2.39. The second kappa shape index (κ2) is 9.61. The lowest BCUT2D eigenvalue weighted by molar-refractivity contribution is -0.117. The number of amides is 1. The second-order valence-electron chi connectivity index (χ2n) is 8.27. The van der Waals surface area contributed by atoms with Crippen molar-refractivity contribution in [2.75, 3.05) is 29.9 Å². The summed E-state index contributed by atoms with van der Waals surface area (Å²) in [6, 6.07) is 10.5. The zero-order valence-corrected chi connectivity index (χ0v) is 19.7. The molecule has 1 N–H and O–H groups in total. The average Bonchev–Trinajstić information content (AvgIpc) is 3.57. The molecule has 1 aliphatic carbocycles. The molecule has 0 atom stereocenters. The minimum absolute atomic E-state index is 0.0222. The number of rotatable bonds is 5. The first kappa shape index (κ1) is 23.4. The van der Waals surface area contributed by atoms with E-state index in [0.717, 1.165) is 18.4 Å². The summed E-state index contributed by atoms with van der Waals surface area (Å²) in [5.41, 5.74) is 2.51. The van der Waals surface area contributed by atoms with Crippen molar-refractivity contribution in [3.63, 3.8) is 0 Å². The molecule has 7 nitrogen and oxygen atoms in total. The molecule has 1 aromatic carbocycles. The van der Waals surface area contributed by atoms with E-state index in [1.165, 1.54) is 6.07 Å². The van der Waals surface area contributed by atoms with Gasteiger partial charge < -0.3 is 5.32 Å². The Labute approximate surface area is 193 Å². The zero-order chi connectivity index (χ0) is 23.6. The molecule has 1 saturated carbocycles. The Bertz CT molecular complexity index is 1250. The Morgan fingerprint density at radius 3 is 2.55 bits per heavy atom. The van der Waals surface area contributed by atoms with Gasteiger partial charge in [-0.25, -0.2) is 17.8 Å². The quantitative estimate of drug-likeness (QED) is 0.612. The van der Waals surface area contributed by atoms with Crippen LogP contribution in [0.2, 0.25) is 0 Å². The van der Waals surface area contributed by atoms with E-state index in [1.807, 2.05) is 43.0 Å². The third kappa shape index (κ3) is 5.42. The van der Waals surface area contributed by atoms with E-state index in [1.54, 1.807) is 16.7 Å². The lowest BCUT2D eigenvalue weighted by Gasteiger charge is -2.26. The number of sulfone groups is 1. The van der Waals surface area contributed by atoms with Crippen molar-refractivity contribution in [3.8, 4) is 11.3 Å². The van der Waals surface area contributed by atoms with Gasteiger partial charge in [0.2, 0.25) is 5.91 Å². The van der Waals surface area contributed by atoms with Gasteiger partial charge in [0.1, 0.15) is 11.5 Å². The summed E-state index contributed by atoms with van der Waals surface area (Å²) in [4.78, 5) is 18.5. The molecule has 2 aromatic heterocycles. The van der Waals surface area contributed by atoms with E-state index >= 15 is 4.39 Å². The fraction of sp³-hybridized carbons (Fsp3) is 0.417. The maximum absolute atomic E-state index is 15.1. The number of nitrogens with zero attached hydrogens (tertiary/aromatic N) is 3. The maximum atomic E-state index is 15.1. The SMILES string of the molecule is CC.O=C(Nc1cn2c(-c3ccc(CN4CCS(=O)(=O)CC4)cc3F)cccc2n1)C1CC1. The molecule has 1 saturated heterocycles. The van der Waals surface area contributed by atoms with Crippen molar-refractivity contribution in [3.05, 3.63) is 54.0 Å². The summed E-state index contributed by atoms with van der Waals surface area (Å²) < 4.78 is 40.0. The van der Waals surface area contributed by atoms with Gasteiger partial charge in [0.05, 0.1) is 23.4 Å². The number of halogens is 1. The van der Waals surface area contributed by atoms with Crippen LogP contribution in [-0.2, 0) is 21.2 Å². The molecule has 5 rings (SSSR count). The molecule has 3 aromatic rings. The predicted molar refractivity (Wildman–Crippen MR) is 127 cm³/mol. The van der Waals surface area contributed by atoms with Gasteiger partial charge in [0.25, 0.3) is 0 Å². The van der Waals surface area contributed by atoms with Crippen LogP contribution in [0.1, 0.15) is 32.3 Å². The van der Waals surface area contributed by atoms with Crippen molar-refractivity contribution in [1.29, 1.82) is 0 Å². The van der Waals surface area contributed by atoms with Crippen LogP contribution in [-0.4, -0.2) is 53.2 Å². The highest BCUT2D eigenvalue weighted by atomic mass is 32.2. The number of hydrogen-bond donors (Lipinski definition) is 1. The van der Waals surface area contributed by atoms with Crippen molar-refractivity contribution in [2.24, 2.45) is 5.92 Å². The first-order chi connectivity index (χ1) is 15.9. The molecule has 176 valence electrons. The number of carbonyl (C=O) groups is 1. The second-order valence-corrected chi connectivity index (χ2v) is 10.6. The molecular weight excluding hydrogens is 443 g/mol. The molecular formula is C24H29FN4O3S. The van der Waals surface area contributed by atoms with Crippen LogP contribution in [0.3, 0.4) is 0 Å².